The van der Waals surface area contributed by atoms with Crippen molar-refractivity contribution >= 4 is 35.8 Å². The van der Waals surface area contributed by atoms with Gasteiger partial charge in [0.05, 0.1) is 12.8 Å². The number of likely N-dealkylation sites (tertiary alicyclic amines) is 1. The number of hydrogen-bond donors (Lipinski definition) is 2. The van der Waals surface area contributed by atoms with E-state index in [1.807, 2.05) is 12.1 Å². The summed E-state index contributed by atoms with van der Waals surface area (Å²) in [4.78, 5) is 18.9. The van der Waals surface area contributed by atoms with Crippen LogP contribution >= 0.6 is 24.0 Å². The molecule has 0 bridgehead atoms. The lowest BCUT2D eigenvalue weighted by atomic mass is 9.86. The topological polar surface area (TPSA) is 69.9 Å². The van der Waals surface area contributed by atoms with Gasteiger partial charge in [-0.25, -0.2) is 4.99 Å². The molecule has 0 atom stereocenters. The molecule has 1 saturated carbocycles. The van der Waals surface area contributed by atoms with Crippen molar-refractivity contribution in [2.75, 3.05) is 26.2 Å². The Morgan fingerprint density at radius 3 is 2.80 bits per heavy atom. The van der Waals surface area contributed by atoms with E-state index in [4.69, 9.17) is 4.42 Å². The van der Waals surface area contributed by atoms with Gasteiger partial charge in [0.25, 0.3) is 0 Å². The number of rotatable bonds is 5. The number of nitrogens with zero attached hydrogens (tertiary/aromatic N) is 2. The number of guanidine groups is 1. The molecule has 1 aromatic rings. The highest BCUT2D eigenvalue weighted by Gasteiger charge is 2.41. The molecule has 1 spiro atoms. The van der Waals surface area contributed by atoms with Crippen molar-refractivity contribution in [3.8, 4) is 0 Å². The number of halogens is 1. The highest BCUT2D eigenvalue weighted by molar-refractivity contribution is 14.0. The van der Waals surface area contributed by atoms with E-state index in [9.17, 15) is 4.79 Å². The maximum atomic E-state index is 12.0. The summed E-state index contributed by atoms with van der Waals surface area (Å²) >= 11 is 0. The molecule has 2 heterocycles. The van der Waals surface area contributed by atoms with Crippen LogP contribution in [0.3, 0.4) is 0 Å². The van der Waals surface area contributed by atoms with Crippen molar-refractivity contribution < 1.29 is 9.21 Å². The summed E-state index contributed by atoms with van der Waals surface area (Å²) in [6.07, 6.45) is 8.25. The molecule has 1 saturated heterocycles. The molecule has 1 aliphatic carbocycles. The largest absolute Gasteiger partial charge is 0.467 e. The maximum Gasteiger partial charge on any atom is 0.242 e. The zero-order valence-electron chi connectivity index (χ0n) is 14.9. The van der Waals surface area contributed by atoms with Crippen LogP contribution in [0.2, 0.25) is 0 Å². The molecule has 2 aliphatic rings. The highest BCUT2D eigenvalue weighted by Crippen LogP contribution is 2.45. The fourth-order valence-corrected chi connectivity index (χ4v) is 3.88. The summed E-state index contributed by atoms with van der Waals surface area (Å²) in [7, 11) is 0. The molecule has 0 radical (unpaired) electrons. The summed E-state index contributed by atoms with van der Waals surface area (Å²) in [5.74, 6) is 1.54. The third kappa shape index (κ3) is 5.36. The number of nitrogens with one attached hydrogen (secondary N) is 2. The number of hydrogen-bond acceptors (Lipinski definition) is 3. The molecular weight excluding hydrogens is 431 g/mol. The molecule has 3 rings (SSSR count). The van der Waals surface area contributed by atoms with Gasteiger partial charge < -0.3 is 20.0 Å². The van der Waals surface area contributed by atoms with Gasteiger partial charge in [0, 0.05) is 19.6 Å². The average Bonchev–Trinajstić information content (AvgIpc) is 3.33. The number of furan rings is 1. The molecule has 2 fully saturated rings. The fraction of sp³-hybridized carbons (Fsp3) is 0.667. The van der Waals surface area contributed by atoms with Gasteiger partial charge in [0.1, 0.15) is 12.3 Å². The number of carbonyl (C=O) groups excluding carboxylic acids is 1. The van der Waals surface area contributed by atoms with Crippen LogP contribution in [0.25, 0.3) is 0 Å². The molecular formula is C18H29IN4O2. The van der Waals surface area contributed by atoms with Crippen LogP contribution in [0.5, 0.6) is 0 Å². The molecule has 140 valence electrons. The minimum Gasteiger partial charge on any atom is -0.467 e. The van der Waals surface area contributed by atoms with Crippen LogP contribution in [0.15, 0.2) is 27.8 Å². The molecule has 2 N–H and O–H groups in total. The first-order valence-electron chi connectivity index (χ1n) is 9.03. The van der Waals surface area contributed by atoms with Crippen LogP contribution in [-0.4, -0.2) is 42.9 Å². The summed E-state index contributed by atoms with van der Waals surface area (Å²) in [5, 5.41) is 6.17. The quantitative estimate of drug-likeness (QED) is 0.403. The minimum absolute atomic E-state index is 0. The molecule has 25 heavy (non-hydrogen) atoms. The molecule has 1 amide bonds. The van der Waals surface area contributed by atoms with Gasteiger partial charge in [-0.2, -0.15) is 0 Å². The smallest absolute Gasteiger partial charge is 0.242 e. The molecule has 0 unspecified atom stereocenters. The van der Waals surface area contributed by atoms with Crippen LogP contribution in [0, 0.1) is 5.41 Å². The lowest BCUT2D eigenvalue weighted by Gasteiger charge is -2.25. The third-order valence-electron chi connectivity index (χ3n) is 5.15. The Labute approximate surface area is 166 Å². The first-order chi connectivity index (χ1) is 11.7. The maximum absolute atomic E-state index is 12.0. The second-order valence-corrected chi connectivity index (χ2v) is 6.90. The Morgan fingerprint density at radius 2 is 2.12 bits per heavy atom. The SMILES string of the molecule is CCNC(=NCC(=O)NCc1ccco1)N1CCC2(CCCC2)C1.I. The standard InChI is InChI=1S/C18H28N4O2.HI/c1-2-19-17(22-10-9-18(14-22)7-3-4-8-18)21-13-16(23)20-12-15-6-5-11-24-15;/h5-6,11H,2-4,7-10,12-14H2,1H3,(H,19,21)(H,20,23);1H. The molecule has 6 nitrogen and oxygen atoms in total. The average molecular weight is 460 g/mol. The van der Waals surface area contributed by atoms with Crippen molar-refractivity contribution in [1.29, 1.82) is 0 Å². The van der Waals surface area contributed by atoms with Crippen LogP contribution in [0.4, 0.5) is 0 Å². The number of aliphatic imine (C=N–C) groups is 1. The van der Waals surface area contributed by atoms with Gasteiger partial charge in [0.2, 0.25) is 5.91 Å². The first kappa shape index (κ1) is 20.1. The van der Waals surface area contributed by atoms with E-state index in [1.165, 1.54) is 32.1 Å². The van der Waals surface area contributed by atoms with Gasteiger partial charge in [-0.1, -0.05) is 12.8 Å². The molecule has 1 aromatic heterocycles. The predicted octanol–water partition coefficient (Wildman–Crippen LogP) is 2.75. The predicted molar refractivity (Wildman–Crippen MR) is 109 cm³/mol. The van der Waals surface area contributed by atoms with Gasteiger partial charge in [-0.15, -0.1) is 24.0 Å². The third-order valence-corrected chi connectivity index (χ3v) is 5.15. The normalized spacial score (nSPS) is 19.1. The Kier molecular flexibility index (Phi) is 7.58. The highest BCUT2D eigenvalue weighted by atomic mass is 127. The van der Waals surface area contributed by atoms with Crippen LogP contribution in [0.1, 0.15) is 44.8 Å². The monoisotopic (exact) mass is 460 g/mol. The van der Waals surface area contributed by atoms with Crippen molar-refractivity contribution in [2.24, 2.45) is 10.4 Å². The lowest BCUT2D eigenvalue weighted by molar-refractivity contribution is -0.119. The first-order valence-corrected chi connectivity index (χ1v) is 9.03. The van der Waals surface area contributed by atoms with Crippen molar-refractivity contribution in [3.05, 3.63) is 24.2 Å². The van der Waals surface area contributed by atoms with Gasteiger partial charge in [-0.05, 0) is 43.7 Å². The zero-order valence-corrected chi connectivity index (χ0v) is 17.3. The fourth-order valence-electron chi connectivity index (χ4n) is 3.88. The van der Waals surface area contributed by atoms with Crippen molar-refractivity contribution in [2.45, 2.75) is 45.6 Å². The van der Waals surface area contributed by atoms with Gasteiger partial charge in [-0.3, -0.25) is 4.79 Å². The van der Waals surface area contributed by atoms with Crippen molar-refractivity contribution in [1.82, 2.24) is 15.5 Å². The summed E-state index contributed by atoms with van der Waals surface area (Å²) in [6, 6.07) is 3.66. The van der Waals surface area contributed by atoms with Crippen LogP contribution in [-0.2, 0) is 11.3 Å². The Balaban J connectivity index is 0.00000225. The second kappa shape index (κ2) is 9.45. The van der Waals surface area contributed by atoms with E-state index < -0.39 is 0 Å². The van der Waals surface area contributed by atoms with Gasteiger partial charge >= 0.3 is 0 Å². The van der Waals surface area contributed by atoms with E-state index in [2.05, 4.69) is 27.4 Å². The zero-order chi connectivity index (χ0) is 16.8. The van der Waals surface area contributed by atoms with E-state index >= 15 is 0 Å². The van der Waals surface area contributed by atoms with Crippen LogP contribution < -0.4 is 10.6 Å². The number of amides is 1. The molecule has 1 aliphatic heterocycles. The summed E-state index contributed by atoms with van der Waals surface area (Å²) < 4.78 is 5.21. The minimum atomic E-state index is -0.0865. The molecule has 0 aromatic carbocycles. The summed E-state index contributed by atoms with van der Waals surface area (Å²) in [5.41, 5.74) is 0.498. The lowest BCUT2D eigenvalue weighted by Crippen LogP contribution is -2.41. The van der Waals surface area contributed by atoms with E-state index in [1.54, 1.807) is 6.26 Å². The van der Waals surface area contributed by atoms with E-state index in [0.717, 1.165) is 31.4 Å². The van der Waals surface area contributed by atoms with Gasteiger partial charge in [0.15, 0.2) is 5.96 Å². The van der Waals surface area contributed by atoms with E-state index in [0.29, 0.717) is 12.0 Å². The van der Waals surface area contributed by atoms with E-state index in [-0.39, 0.29) is 36.4 Å². The van der Waals surface area contributed by atoms with Crippen molar-refractivity contribution in [3.63, 3.8) is 0 Å². The summed E-state index contributed by atoms with van der Waals surface area (Å²) in [6.45, 7) is 5.55. The number of carbonyl (C=O) groups is 1. The Bertz CT molecular complexity index is 568. The molecule has 7 heteroatoms. The Morgan fingerprint density at radius 1 is 1.32 bits per heavy atom. The Hall–Kier alpha value is -1.25. The second-order valence-electron chi connectivity index (χ2n) is 6.90.